The van der Waals surface area contributed by atoms with E-state index in [1.165, 1.54) is 19.2 Å². The molecule has 0 saturated carbocycles. The predicted molar refractivity (Wildman–Crippen MR) is 135 cm³/mol. The molecule has 0 aliphatic carbocycles. The molecular weight excluding hydrogens is 479 g/mol. The summed E-state index contributed by atoms with van der Waals surface area (Å²) in [5, 5.41) is 15.5. The summed E-state index contributed by atoms with van der Waals surface area (Å²) in [5.41, 5.74) is 4.26. The first-order valence-corrected chi connectivity index (χ1v) is 11.4. The van der Waals surface area contributed by atoms with Crippen molar-refractivity contribution in [3.05, 3.63) is 89.4 Å². The Labute approximate surface area is 212 Å². The van der Waals surface area contributed by atoms with E-state index in [1.807, 2.05) is 36.4 Å². The van der Waals surface area contributed by atoms with E-state index in [1.54, 1.807) is 32.0 Å². The maximum atomic E-state index is 14.3. The zero-order chi connectivity index (χ0) is 26.5. The maximum absolute atomic E-state index is 14.3. The number of carbonyl (C=O) groups is 2. The molecule has 0 fully saturated rings. The SMILES string of the molecule is COc1ccc(C(C)OC(=O)Nc2c(C)noc2-c2ccc(-c3ccc(CC(=O)O)cc3)cc2)c(F)c1. The number of hydrogen-bond acceptors (Lipinski definition) is 6. The van der Waals surface area contributed by atoms with Gasteiger partial charge in [0.05, 0.1) is 13.5 Å². The van der Waals surface area contributed by atoms with Gasteiger partial charge in [-0.25, -0.2) is 9.18 Å². The summed E-state index contributed by atoms with van der Waals surface area (Å²) in [6.07, 6.45) is -1.67. The number of aryl methyl sites for hydroxylation is 1. The fourth-order valence-corrected chi connectivity index (χ4v) is 3.84. The minimum absolute atomic E-state index is 0.0317. The van der Waals surface area contributed by atoms with Gasteiger partial charge in [-0.15, -0.1) is 0 Å². The molecule has 0 saturated heterocycles. The summed E-state index contributed by atoms with van der Waals surface area (Å²) >= 11 is 0. The van der Waals surface area contributed by atoms with Crippen LogP contribution < -0.4 is 10.1 Å². The van der Waals surface area contributed by atoms with Crippen LogP contribution in [0.25, 0.3) is 22.5 Å². The summed E-state index contributed by atoms with van der Waals surface area (Å²) in [6.45, 7) is 3.25. The van der Waals surface area contributed by atoms with Gasteiger partial charge in [0.15, 0.2) is 5.76 Å². The van der Waals surface area contributed by atoms with Crippen LogP contribution in [0.15, 0.2) is 71.3 Å². The predicted octanol–water partition coefficient (Wildman–Crippen LogP) is 6.40. The quantitative estimate of drug-likeness (QED) is 0.286. The Morgan fingerprint density at radius 1 is 1.03 bits per heavy atom. The second-order valence-corrected chi connectivity index (χ2v) is 8.38. The molecule has 1 amide bonds. The Hall–Kier alpha value is -4.66. The molecule has 1 atom stereocenters. The first kappa shape index (κ1) is 25.4. The Balaban J connectivity index is 1.47. The fraction of sp³-hybridized carbons (Fsp3) is 0.179. The Kier molecular flexibility index (Phi) is 7.52. The van der Waals surface area contributed by atoms with Crippen LogP contribution in [-0.4, -0.2) is 29.4 Å². The van der Waals surface area contributed by atoms with Crippen LogP contribution in [0.2, 0.25) is 0 Å². The first-order valence-electron chi connectivity index (χ1n) is 11.4. The van der Waals surface area contributed by atoms with Gasteiger partial charge in [-0.2, -0.15) is 0 Å². The number of hydrogen-bond donors (Lipinski definition) is 2. The lowest BCUT2D eigenvalue weighted by Gasteiger charge is -2.15. The summed E-state index contributed by atoms with van der Waals surface area (Å²) < 4.78 is 30.2. The van der Waals surface area contributed by atoms with Crippen molar-refractivity contribution < 1.29 is 33.1 Å². The number of anilines is 1. The number of nitrogens with zero attached hydrogens (tertiary/aromatic N) is 1. The van der Waals surface area contributed by atoms with E-state index < -0.39 is 24.0 Å². The van der Waals surface area contributed by atoms with E-state index in [4.69, 9.17) is 19.1 Å². The lowest BCUT2D eigenvalue weighted by atomic mass is 10.0. The van der Waals surface area contributed by atoms with Crippen LogP contribution in [0.3, 0.4) is 0 Å². The van der Waals surface area contributed by atoms with E-state index in [0.717, 1.165) is 16.7 Å². The van der Waals surface area contributed by atoms with E-state index in [9.17, 15) is 14.0 Å². The number of carbonyl (C=O) groups excluding carboxylic acids is 1. The summed E-state index contributed by atoms with van der Waals surface area (Å²) in [5.74, 6) is -0.710. The van der Waals surface area contributed by atoms with Crippen LogP contribution in [0, 0.1) is 12.7 Å². The van der Waals surface area contributed by atoms with Gasteiger partial charge >= 0.3 is 12.1 Å². The number of nitrogens with one attached hydrogen (secondary N) is 1. The lowest BCUT2D eigenvalue weighted by Crippen LogP contribution is -2.17. The molecule has 4 rings (SSSR count). The van der Waals surface area contributed by atoms with Crippen molar-refractivity contribution >= 4 is 17.7 Å². The number of carboxylic acid groups (broad SMARTS) is 1. The van der Waals surface area contributed by atoms with Crippen LogP contribution in [0.1, 0.15) is 29.8 Å². The lowest BCUT2D eigenvalue weighted by molar-refractivity contribution is -0.136. The molecule has 1 aromatic heterocycles. The first-order chi connectivity index (χ1) is 17.7. The molecule has 0 aliphatic heterocycles. The van der Waals surface area contributed by atoms with Crippen LogP contribution in [0.4, 0.5) is 14.9 Å². The highest BCUT2D eigenvalue weighted by Crippen LogP contribution is 2.33. The zero-order valence-electron chi connectivity index (χ0n) is 20.4. The third-order valence-corrected chi connectivity index (χ3v) is 5.81. The molecule has 190 valence electrons. The number of halogens is 1. The van der Waals surface area contributed by atoms with Gasteiger partial charge in [0, 0.05) is 17.2 Å². The van der Waals surface area contributed by atoms with Gasteiger partial charge in [0.2, 0.25) is 0 Å². The molecule has 37 heavy (non-hydrogen) atoms. The minimum atomic E-state index is -0.880. The third kappa shape index (κ3) is 5.95. The fourth-order valence-electron chi connectivity index (χ4n) is 3.84. The largest absolute Gasteiger partial charge is 0.497 e. The van der Waals surface area contributed by atoms with Gasteiger partial charge in [-0.3, -0.25) is 10.1 Å². The Morgan fingerprint density at radius 2 is 1.65 bits per heavy atom. The van der Waals surface area contributed by atoms with Crippen molar-refractivity contribution in [1.29, 1.82) is 0 Å². The van der Waals surface area contributed by atoms with Crippen molar-refractivity contribution in [2.75, 3.05) is 12.4 Å². The number of rotatable bonds is 8. The van der Waals surface area contributed by atoms with E-state index in [2.05, 4.69) is 10.5 Å². The number of amides is 1. The molecule has 3 aromatic carbocycles. The normalized spacial score (nSPS) is 11.6. The van der Waals surface area contributed by atoms with Crippen molar-refractivity contribution in [3.8, 4) is 28.2 Å². The van der Waals surface area contributed by atoms with E-state index >= 15 is 0 Å². The molecule has 0 spiro atoms. The van der Waals surface area contributed by atoms with Crippen molar-refractivity contribution in [1.82, 2.24) is 5.16 Å². The molecule has 9 heteroatoms. The summed E-state index contributed by atoms with van der Waals surface area (Å²) in [6, 6.07) is 19.0. The second kappa shape index (κ2) is 10.9. The van der Waals surface area contributed by atoms with Crippen molar-refractivity contribution in [2.45, 2.75) is 26.4 Å². The summed E-state index contributed by atoms with van der Waals surface area (Å²) in [7, 11) is 1.44. The Bertz CT molecular complexity index is 1410. The highest BCUT2D eigenvalue weighted by molar-refractivity contribution is 5.91. The number of methoxy groups -OCH3 is 1. The van der Waals surface area contributed by atoms with Gasteiger partial charge in [-0.1, -0.05) is 53.7 Å². The standard InChI is InChI=1S/C28H25FN2O6/c1-16-26(30-28(34)36-17(2)23-13-12-22(35-3)15-24(23)29)27(37-31-16)21-10-8-20(9-11-21)19-6-4-18(5-7-19)14-25(32)33/h4-13,15,17H,14H2,1-3H3,(H,30,34)(H,32,33). The third-order valence-electron chi connectivity index (χ3n) is 5.81. The van der Waals surface area contributed by atoms with Gasteiger partial charge < -0.3 is 19.1 Å². The number of aromatic nitrogens is 1. The molecule has 8 nitrogen and oxygen atoms in total. The average molecular weight is 505 g/mol. The number of aliphatic carboxylic acids is 1. The molecule has 1 heterocycles. The minimum Gasteiger partial charge on any atom is -0.497 e. The molecule has 1 unspecified atom stereocenters. The van der Waals surface area contributed by atoms with Crippen molar-refractivity contribution in [3.63, 3.8) is 0 Å². The van der Waals surface area contributed by atoms with Gasteiger partial charge in [-0.05, 0) is 42.7 Å². The van der Waals surface area contributed by atoms with Crippen LogP contribution in [-0.2, 0) is 16.0 Å². The van der Waals surface area contributed by atoms with E-state index in [0.29, 0.717) is 28.5 Å². The molecule has 0 bridgehead atoms. The molecule has 0 radical (unpaired) electrons. The van der Waals surface area contributed by atoms with Gasteiger partial charge in [0.25, 0.3) is 0 Å². The maximum Gasteiger partial charge on any atom is 0.412 e. The number of carboxylic acids is 1. The van der Waals surface area contributed by atoms with Crippen LogP contribution in [0.5, 0.6) is 5.75 Å². The average Bonchev–Trinajstić information content (AvgIpc) is 3.23. The second-order valence-electron chi connectivity index (χ2n) is 8.38. The van der Waals surface area contributed by atoms with E-state index in [-0.39, 0.29) is 12.0 Å². The molecular formula is C28H25FN2O6. The molecule has 2 N–H and O–H groups in total. The highest BCUT2D eigenvalue weighted by atomic mass is 19.1. The molecule has 4 aromatic rings. The monoisotopic (exact) mass is 504 g/mol. The number of benzene rings is 3. The number of ether oxygens (including phenoxy) is 2. The highest BCUT2D eigenvalue weighted by Gasteiger charge is 2.21. The molecule has 0 aliphatic rings. The van der Waals surface area contributed by atoms with Crippen molar-refractivity contribution in [2.24, 2.45) is 0 Å². The zero-order valence-corrected chi connectivity index (χ0v) is 20.4. The topological polar surface area (TPSA) is 111 Å². The smallest absolute Gasteiger partial charge is 0.412 e. The van der Waals surface area contributed by atoms with Gasteiger partial charge in [0.1, 0.15) is 29.1 Å². The summed E-state index contributed by atoms with van der Waals surface area (Å²) in [4.78, 5) is 23.5. The van der Waals surface area contributed by atoms with Crippen LogP contribution >= 0.6 is 0 Å². The Morgan fingerprint density at radius 3 is 2.24 bits per heavy atom.